The summed E-state index contributed by atoms with van der Waals surface area (Å²) < 4.78 is 0. The number of nitrogens with zero attached hydrogens (tertiary/aromatic N) is 1. The Kier molecular flexibility index (Phi) is 6.66. The molecule has 172 valence electrons. The normalized spacial score (nSPS) is 11.2. The lowest BCUT2D eigenvalue weighted by Gasteiger charge is -2.30. The summed E-state index contributed by atoms with van der Waals surface area (Å²) >= 11 is 0. The van der Waals surface area contributed by atoms with Crippen LogP contribution in [-0.2, 0) is 4.79 Å². The summed E-state index contributed by atoms with van der Waals surface area (Å²) in [5.41, 5.74) is 0.944. The highest BCUT2D eigenvalue weighted by Crippen LogP contribution is 2.44. The van der Waals surface area contributed by atoms with E-state index >= 15 is 0 Å². The quantitative estimate of drug-likeness (QED) is 0.278. The Morgan fingerprint density at radius 1 is 0.629 bits per heavy atom. The molecule has 0 radical (unpaired) electrons. The van der Waals surface area contributed by atoms with Gasteiger partial charge >= 0.3 is 0 Å². The first-order chi connectivity index (χ1) is 17.2. The van der Waals surface area contributed by atoms with Crippen molar-refractivity contribution < 1.29 is 4.79 Å². The molecule has 0 aliphatic heterocycles. The number of fused-ring (bicyclic) bond motifs is 1. The third-order valence-corrected chi connectivity index (χ3v) is 10.4. The minimum Gasteiger partial charge on any atom is -0.308 e. The molecule has 3 heteroatoms. The van der Waals surface area contributed by atoms with Crippen molar-refractivity contribution in [2.45, 2.75) is 6.92 Å². The molecule has 0 N–H and O–H groups in total. The van der Waals surface area contributed by atoms with Crippen LogP contribution in [0.5, 0.6) is 0 Å². The van der Waals surface area contributed by atoms with Gasteiger partial charge in [-0.3, -0.25) is 4.79 Å². The van der Waals surface area contributed by atoms with E-state index in [2.05, 4.69) is 91.0 Å². The molecule has 0 heterocycles. The van der Waals surface area contributed by atoms with E-state index in [4.69, 9.17) is 0 Å². The molecule has 2 nitrogen and oxygen atoms in total. The zero-order chi connectivity index (χ0) is 24.1. The van der Waals surface area contributed by atoms with Crippen LogP contribution in [0, 0.1) is 0 Å². The van der Waals surface area contributed by atoms with E-state index in [1.165, 1.54) is 15.9 Å². The van der Waals surface area contributed by atoms with Gasteiger partial charge in [0.2, 0.25) is 0 Å². The minimum absolute atomic E-state index is 0.0220. The van der Waals surface area contributed by atoms with Crippen LogP contribution in [0.3, 0.4) is 0 Å². The van der Waals surface area contributed by atoms with Crippen LogP contribution in [0.15, 0.2) is 133 Å². The Balaban J connectivity index is 1.79. The SMILES string of the molecule is CCN(C(=O)C=P(c1ccccc1)(c1ccccc1)c1ccccc1)c1cccc2ccccc12. The first-order valence-corrected chi connectivity index (χ1v) is 13.8. The summed E-state index contributed by atoms with van der Waals surface area (Å²) in [4.78, 5) is 16.2. The van der Waals surface area contributed by atoms with Crippen molar-refractivity contribution >= 4 is 51.0 Å². The summed E-state index contributed by atoms with van der Waals surface area (Å²) in [6.45, 7) is 0.254. The van der Waals surface area contributed by atoms with Crippen LogP contribution in [0.4, 0.5) is 5.69 Å². The third-order valence-electron chi connectivity index (χ3n) is 6.43. The van der Waals surface area contributed by atoms with Gasteiger partial charge in [-0.05, 0) is 41.2 Å². The number of rotatable bonds is 6. The highest BCUT2D eigenvalue weighted by Gasteiger charge is 2.28. The molecule has 0 atom stereocenters. The van der Waals surface area contributed by atoms with Gasteiger partial charge in [-0.25, -0.2) is 0 Å². The third kappa shape index (κ3) is 4.34. The summed E-state index contributed by atoms with van der Waals surface area (Å²) in [5, 5.41) is 5.72. The average molecular weight is 474 g/mol. The number of carbonyl (C=O) groups is 1. The Hall–Kier alpha value is -3.87. The molecule has 0 fully saturated rings. The predicted molar refractivity (Wildman–Crippen MR) is 153 cm³/mol. The van der Waals surface area contributed by atoms with E-state index in [1.807, 2.05) is 60.1 Å². The predicted octanol–water partition coefficient (Wildman–Crippen LogP) is 5.99. The molecule has 5 aromatic rings. The molecule has 0 aliphatic carbocycles. The molecule has 0 saturated carbocycles. The molecule has 0 aromatic heterocycles. The van der Waals surface area contributed by atoms with Gasteiger partial charge in [-0.2, -0.15) is 0 Å². The summed E-state index contributed by atoms with van der Waals surface area (Å²) in [6.07, 6.45) is 0. The van der Waals surface area contributed by atoms with E-state index in [0.717, 1.165) is 16.5 Å². The van der Waals surface area contributed by atoms with E-state index in [9.17, 15) is 4.79 Å². The largest absolute Gasteiger partial charge is 0.308 e. The number of carbonyl (C=O) groups excluding carboxylic acids is 1. The van der Waals surface area contributed by atoms with Crippen LogP contribution in [-0.4, -0.2) is 18.2 Å². The lowest BCUT2D eigenvalue weighted by atomic mass is 10.1. The lowest BCUT2D eigenvalue weighted by Crippen LogP contribution is -2.36. The van der Waals surface area contributed by atoms with Crippen molar-refractivity contribution in [3.63, 3.8) is 0 Å². The molecule has 0 saturated heterocycles. The second-order valence-electron chi connectivity index (χ2n) is 8.44. The summed E-state index contributed by atoms with van der Waals surface area (Å²) in [5.74, 6) is 2.03. The molecule has 1 amide bonds. The van der Waals surface area contributed by atoms with E-state index in [-0.39, 0.29) is 5.91 Å². The Labute approximate surface area is 207 Å². The average Bonchev–Trinajstić information content (AvgIpc) is 2.94. The molecular formula is C32H28NOP. The summed E-state index contributed by atoms with van der Waals surface area (Å²) in [6, 6.07) is 45.9. The number of hydrogen-bond acceptors (Lipinski definition) is 1. The number of hydrogen-bond donors (Lipinski definition) is 0. The molecule has 0 bridgehead atoms. The van der Waals surface area contributed by atoms with Gasteiger partial charge in [0.05, 0.1) is 5.69 Å². The van der Waals surface area contributed by atoms with Gasteiger partial charge in [-0.15, -0.1) is 0 Å². The highest BCUT2D eigenvalue weighted by atomic mass is 31.2. The minimum atomic E-state index is -2.37. The molecule has 0 unspecified atom stereocenters. The smallest absolute Gasteiger partial charge is 0.252 e. The summed E-state index contributed by atoms with van der Waals surface area (Å²) in [7, 11) is 0. The Morgan fingerprint density at radius 2 is 1.09 bits per heavy atom. The van der Waals surface area contributed by atoms with Gasteiger partial charge in [0.25, 0.3) is 5.91 Å². The molecule has 35 heavy (non-hydrogen) atoms. The monoisotopic (exact) mass is 473 g/mol. The highest BCUT2D eigenvalue weighted by molar-refractivity contribution is 7.95. The maximum atomic E-state index is 14.3. The Bertz CT molecular complexity index is 1390. The van der Waals surface area contributed by atoms with Gasteiger partial charge in [-0.1, -0.05) is 127 Å². The molecule has 5 rings (SSSR count). The lowest BCUT2D eigenvalue weighted by molar-refractivity contribution is -0.111. The van der Waals surface area contributed by atoms with Crippen LogP contribution in [0.2, 0.25) is 0 Å². The molecule has 0 aliphatic rings. The standard InChI is InChI=1S/C32H28NOP/c1-2-33(31-24-14-16-26-15-12-13-23-30(26)31)32(34)25-35(27-17-6-3-7-18-27,28-19-8-4-9-20-28)29-21-10-5-11-22-29/h3-25H,2H2,1H3. The molecule has 0 spiro atoms. The second-order valence-corrected chi connectivity index (χ2v) is 11.7. The van der Waals surface area contributed by atoms with Crippen molar-refractivity contribution in [3.8, 4) is 0 Å². The van der Waals surface area contributed by atoms with E-state index in [1.54, 1.807) is 0 Å². The Morgan fingerprint density at radius 3 is 1.60 bits per heavy atom. The molecule has 5 aromatic carbocycles. The van der Waals surface area contributed by atoms with Crippen molar-refractivity contribution in [1.82, 2.24) is 0 Å². The number of amides is 1. The van der Waals surface area contributed by atoms with Gasteiger partial charge in [0.1, 0.15) is 0 Å². The second kappa shape index (κ2) is 10.2. The topological polar surface area (TPSA) is 20.3 Å². The maximum Gasteiger partial charge on any atom is 0.252 e. The zero-order valence-corrected chi connectivity index (χ0v) is 20.7. The zero-order valence-electron chi connectivity index (χ0n) is 19.8. The van der Waals surface area contributed by atoms with Gasteiger partial charge in [0, 0.05) is 17.7 Å². The first-order valence-electron chi connectivity index (χ1n) is 11.9. The fourth-order valence-electron chi connectivity index (χ4n) is 4.78. The molecular weight excluding hydrogens is 445 g/mol. The van der Waals surface area contributed by atoms with Crippen LogP contribution in [0.1, 0.15) is 6.92 Å². The van der Waals surface area contributed by atoms with Crippen LogP contribution < -0.4 is 20.8 Å². The van der Waals surface area contributed by atoms with Gasteiger partial charge < -0.3 is 4.90 Å². The van der Waals surface area contributed by atoms with E-state index < -0.39 is 6.89 Å². The fourth-order valence-corrected chi connectivity index (χ4v) is 8.52. The maximum absolute atomic E-state index is 14.3. The number of benzene rings is 5. The number of anilines is 1. The fraction of sp³-hybridized carbons (Fsp3) is 0.0625. The van der Waals surface area contributed by atoms with Crippen molar-refractivity contribution in [2.24, 2.45) is 0 Å². The van der Waals surface area contributed by atoms with Crippen molar-refractivity contribution in [1.29, 1.82) is 0 Å². The van der Waals surface area contributed by atoms with E-state index in [0.29, 0.717) is 6.54 Å². The van der Waals surface area contributed by atoms with Crippen LogP contribution >= 0.6 is 6.89 Å². The van der Waals surface area contributed by atoms with Gasteiger partial charge in [0.15, 0.2) is 0 Å². The van der Waals surface area contributed by atoms with Crippen LogP contribution in [0.25, 0.3) is 10.8 Å². The van der Waals surface area contributed by atoms with Crippen molar-refractivity contribution in [3.05, 3.63) is 133 Å². The first kappa shape index (κ1) is 22.9. The van der Waals surface area contributed by atoms with Crippen molar-refractivity contribution in [2.75, 3.05) is 11.4 Å².